The van der Waals surface area contributed by atoms with E-state index in [4.69, 9.17) is 5.73 Å². The minimum atomic E-state index is -3.34. The third-order valence-corrected chi connectivity index (χ3v) is 4.91. The highest BCUT2D eigenvalue weighted by Gasteiger charge is 2.34. The molecule has 0 aliphatic carbocycles. The molecule has 1 fully saturated rings. The van der Waals surface area contributed by atoms with Gasteiger partial charge in [-0.3, -0.25) is 0 Å². The van der Waals surface area contributed by atoms with E-state index in [1.165, 1.54) is 18.4 Å². The van der Waals surface area contributed by atoms with Gasteiger partial charge in [0, 0.05) is 38.4 Å². The molecule has 6 heteroatoms. The molecule has 1 aromatic rings. The molecule has 18 heavy (non-hydrogen) atoms. The minimum absolute atomic E-state index is 0.131. The Morgan fingerprint density at radius 2 is 1.72 bits per heavy atom. The van der Waals surface area contributed by atoms with Crippen molar-refractivity contribution >= 4 is 15.7 Å². The zero-order valence-corrected chi connectivity index (χ0v) is 11.7. The van der Waals surface area contributed by atoms with Crippen LogP contribution < -0.4 is 10.6 Å². The zero-order chi connectivity index (χ0) is 13.6. The molecule has 2 N–H and O–H groups in total. The van der Waals surface area contributed by atoms with E-state index in [1.54, 1.807) is 12.1 Å². The normalized spacial score (nSPS) is 18.8. The molecule has 5 nitrogen and oxygen atoms in total. The number of rotatable bonds is 3. The number of sulfonamides is 1. The number of nitrogens with zero attached hydrogens (tertiary/aromatic N) is 2. The SMILES string of the molecule is CN(C)S(=O)(=O)c1ccc(N2CC(C)(N)C2)cc1. The van der Waals surface area contributed by atoms with E-state index in [1.807, 2.05) is 19.1 Å². The van der Waals surface area contributed by atoms with E-state index in [-0.39, 0.29) is 5.54 Å². The Morgan fingerprint density at radius 1 is 1.22 bits per heavy atom. The van der Waals surface area contributed by atoms with Gasteiger partial charge in [0.15, 0.2) is 0 Å². The first-order valence-corrected chi connectivity index (χ1v) is 7.23. The van der Waals surface area contributed by atoms with Crippen molar-refractivity contribution < 1.29 is 8.42 Å². The maximum atomic E-state index is 11.9. The molecule has 100 valence electrons. The molecule has 1 saturated heterocycles. The van der Waals surface area contributed by atoms with E-state index >= 15 is 0 Å². The van der Waals surface area contributed by atoms with E-state index in [0.29, 0.717) is 4.90 Å². The van der Waals surface area contributed by atoms with Crippen molar-refractivity contribution in [2.75, 3.05) is 32.1 Å². The Kier molecular flexibility index (Phi) is 3.12. The topological polar surface area (TPSA) is 66.6 Å². The van der Waals surface area contributed by atoms with E-state index in [2.05, 4.69) is 4.90 Å². The predicted molar refractivity (Wildman–Crippen MR) is 72.1 cm³/mol. The third kappa shape index (κ3) is 2.36. The molecule has 1 aromatic carbocycles. The summed E-state index contributed by atoms with van der Waals surface area (Å²) < 4.78 is 25.0. The molecule has 0 bridgehead atoms. The van der Waals surface area contributed by atoms with Gasteiger partial charge in [0.1, 0.15) is 0 Å². The summed E-state index contributed by atoms with van der Waals surface area (Å²) >= 11 is 0. The number of anilines is 1. The van der Waals surface area contributed by atoms with Crippen LogP contribution in [0.4, 0.5) is 5.69 Å². The Balaban J connectivity index is 2.17. The van der Waals surface area contributed by atoms with Crippen LogP contribution in [0.3, 0.4) is 0 Å². The van der Waals surface area contributed by atoms with Crippen molar-refractivity contribution in [1.29, 1.82) is 0 Å². The summed E-state index contributed by atoms with van der Waals surface area (Å²) in [4.78, 5) is 2.44. The second-order valence-corrected chi connectivity index (χ2v) is 7.44. The van der Waals surface area contributed by atoms with Crippen LogP contribution in [0, 0.1) is 0 Å². The fourth-order valence-corrected chi connectivity index (χ4v) is 2.95. The molecular weight excluding hydrogens is 250 g/mol. The summed E-state index contributed by atoms with van der Waals surface area (Å²) in [6, 6.07) is 6.92. The van der Waals surface area contributed by atoms with Gasteiger partial charge in [-0.05, 0) is 31.2 Å². The molecule has 0 radical (unpaired) electrons. The van der Waals surface area contributed by atoms with Gasteiger partial charge in [0.25, 0.3) is 0 Å². The van der Waals surface area contributed by atoms with Crippen LogP contribution in [0.15, 0.2) is 29.2 Å². The molecule has 2 rings (SSSR count). The molecule has 0 aromatic heterocycles. The molecule has 0 unspecified atom stereocenters. The van der Waals surface area contributed by atoms with Crippen molar-refractivity contribution in [3.8, 4) is 0 Å². The average molecular weight is 269 g/mol. The zero-order valence-electron chi connectivity index (χ0n) is 10.9. The highest BCUT2D eigenvalue weighted by Crippen LogP contribution is 2.27. The van der Waals surface area contributed by atoms with Crippen LogP contribution in [-0.4, -0.2) is 45.4 Å². The molecule has 0 atom stereocenters. The second-order valence-electron chi connectivity index (χ2n) is 5.29. The van der Waals surface area contributed by atoms with E-state index in [9.17, 15) is 8.42 Å². The number of hydrogen-bond acceptors (Lipinski definition) is 4. The first-order chi connectivity index (χ1) is 8.22. The van der Waals surface area contributed by atoms with Crippen LogP contribution in [0.2, 0.25) is 0 Å². The smallest absolute Gasteiger partial charge is 0.242 e. The Bertz CT molecular complexity index is 527. The van der Waals surface area contributed by atoms with E-state index in [0.717, 1.165) is 18.8 Å². The molecular formula is C12H19N3O2S. The van der Waals surface area contributed by atoms with E-state index < -0.39 is 10.0 Å². The highest BCUT2D eigenvalue weighted by molar-refractivity contribution is 7.89. The molecule has 1 aliphatic heterocycles. The minimum Gasteiger partial charge on any atom is -0.368 e. The van der Waals surface area contributed by atoms with Crippen molar-refractivity contribution in [2.45, 2.75) is 17.4 Å². The van der Waals surface area contributed by atoms with Gasteiger partial charge in [0.2, 0.25) is 10.0 Å². The lowest BCUT2D eigenvalue weighted by molar-refractivity contribution is 0.365. The number of nitrogens with two attached hydrogens (primary N) is 1. The quantitative estimate of drug-likeness (QED) is 0.866. The molecule has 0 saturated carbocycles. The van der Waals surface area contributed by atoms with Crippen molar-refractivity contribution in [3.05, 3.63) is 24.3 Å². The average Bonchev–Trinajstić information content (AvgIpc) is 2.25. The Labute approximate surface area is 108 Å². The van der Waals surface area contributed by atoms with Gasteiger partial charge in [-0.1, -0.05) is 0 Å². The van der Waals surface area contributed by atoms with Gasteiger partial charge >= 0.3 is 0 Å². The summed E-state index contributed by atoms with van der Waals surface area (Å²) in [5.41, 5.74) is 6.82. The van der Waals surface area contributed by atoms with Crippen LogP contribution in [0.5, 0.6) is 0 Å². The van der Waals surface area contributed by atoms with Crippen LogP contribution in [0.1, 0.15) is 6.92 Å². The monoisotopic (exact) mass is 269 g/mol. The highest BCUT2D eigenvalue weighted by atomic mass is 32.2. The molecule has 1 heterocycles. The molecule has 0 spiro atoms. The van der Waals surface area contributed by atoms with Crippen molar-refractivity contribution in [1.82, 2.24) is 4.31 Å². The van der Waals surface area contributed by atoms with Gasteiger partial charge in [-0.2, -0.15) is 0 Å². The number of benzene rings is 1. The van der Waals surface area contributed by atoms with Gasteiger partial charge in [-0.15, -0.1) is 0 Å². The summed E-state index contributed by atoms with van der Waals surface area (Å²) in [6.07, 6.45) is 0. The van der Waals surface area contributed by atoms with Crippen LogP contribution in [-0.2, 0) is 10.0 Å². The standard InChI is InChI=1S/C12H19N3O2S/c1-12(13)8-15(9-12)10-4-6-11(7-5-10)18(16,17)14(2)3/h4-7H,8-9,13H2,1-3H3. The Morgan fingerprint density at radius 3 is 2.11 bits per heavy atom. The second kappa shape index (κ2) is 4.22. The van der Waals surface area contributed by atoms with Crippen LogP contribution >= 0.6 is 0 Å². The third-order valence-electron chi connectivity index (χ3n) is 3.08. The first-order valence-electron chi connectivity index (χ1n) is 5.79. The van der Waals surface area contributed by atoms with Crippen LogP contribution in [0.25, 0.3) is 0 Å². The maximum absolute atomic E-state index is 11.9. The molecule has 0 amide bonds. The summed E-state index contributed by atoms with van der Waals surface area (Å²) in [5.74, 6) is 0. The molecule has 1 aliphatic rings. The van der Waals surface area contributed by atoms with Crippen molar-refractivity contribution in [3.63, 3.8) is 0 Å². The fraction of sp³-hybridized carbons (Fsp3) is 0.500. The number of hydrogen-bond donors (Lipinski definition) is 1. The first kappa shape index (κ1) is 13.3. The Hall–Kier alpha value is -1.11. The maximum Gasteiger partial charge on any atom is 0.242 e. The van der Waals surface area contributed by atoms with Gasteiger partial charge in [-0.25, -0.2) is 12.7 Å². The lowest BCUT2D eigenvalue weighted by Crippen LogP contribution is -2.65. The lowest BCUT2D eigenvalue weighted by atomic mass is 9.93. The van der Waals surface area contributed by atoms with Gasteiger partial charge in [0.05, 0.1) is 4.90 Å². The predicted octanol–water partition coefficient (Wildman–Crippen LogP) is 0.474. The van der Waals surface area contributed by atoms with Crippen molar-refractivity contribution in [2.24, 2.45) is 5.73 Å². The van der Waals surface area contributed by atoms with Gasteiger partial charge < -0.3 is 10.6 Å². The lowest BCUT2D eigenvalue weighted by Gasteiger charge is -2.47. The summed E-state index contributed by atoms with van der Waals surface area (Å²) in [6.45, 7) is 3.61. The fourth-order valence-electron chi connectivity index (χ4n) is 2.05. The largest absolute Gasteiger partial charge is 0.368 e. The summed E-state index contributed by atoms with van der Waals surface area (Å²) in [7, 11) is -0.288. The summed E-state index contributed by atoms with van der Waals surface area (Å²) in [5, 5.41) is 0.